The normalized spacial score (nSPS) is 11.9. The van der Waals surface area contributed by atoms with Crippen molar-refractivity contribution in [3.05, 3.63) is 34.9 Å². The van der Waals surface area contributed by atoms with Crippen LogP contribution in [0.5, 0.6) is 0 Å². The Hall–Kier alpha value is -1.62. The molecular formula is C12H13NO. The van der Waals surface area contributed by atoms with E-state index in [0.717, 1.165) is 11.1 Å². The molecule has 1 aromatic carbocycles. The molecule has 0 radical (unpaired) electrons. The van der Waals surface area contributed by atoms with E-state index in [2.05, 4.69) is 0 Å². The summed E-state index contributed by atoms with van der Waals surface area (Å²) < 4.78 is 0. The van der Waals surface area contributed by atoms with E-state index in [1.807, 2.05) is 38.1 Å². The van der Waals surface area contributed by atoms with Crippen molar-refractivity contribution >= 4 is 5.78 Å². The monoisotopic (exact) mass is 187 g/mol. The van der Waals surface area contributed by atoms with E-state index in [4.69, 9.17) is 5.26 Å². The third-order valence-electron chi connectivity index (χ3n) is 2.31. The topological polar surface area (TPSA) is 40.9 Å². The molecule has 0 amide bonds. The van der Waals surface area contributed by atoms with Crippen LogP contribution in [0.4, 0.5) is 0 Å². The fourth-order valence-corrected chi connectivity index (χ4v) is 1.48. The Kier molecular flexibility index (Phi) is 3.03. The second kappa shape index (κ2) is 4.06. The summed E-state index contributed by atoms with van der Waals surface area (Å²) in [5.41, 5.74) is 2.58. The van der Waals surface area contributed by atoms with Crippen LogP contribution in [0.1, 0.15) is 28.4 Å². The predicted octanol–water partition coefficient (Wildman–Crippen LogP) is 2.65. The lowest BCUT2D eigenvalue weighted by atomic mass is 9.93. The van der Waals surface area contributed by atoms with Crippen LogP contribution in [-0.4, -0.2) is 5.78 Å². The maximum absolute atomic E-state index is 11.8. The molecule has 1 atom stereocenters. The Labute approximate surface area is 84.2 Å². The minimum Gasteiger partial charge on any atom is -0.293 e. The summed E-state index contributed by atoms with van der Waals surface area (Å²) in [7, 11) is 0. The number of Topliss-reactive ketones (excluding diaryl/α,β-unsaturated/α-hetero) is 1. The van der Waals surface area contributed by atoms with E-state index in [0.29, 0.717) is 5.56 Å². The fourth-order valence-electron chi connectivity index (χ4n) is 1.48. The van der Waals surface area contributed by atoms with E-state index < -0.39 is 5.92 Å². The third-order valence-corrected chi connectivity index (χ3v) is 2.31. The average molecular weight is 187 g/mol. The summed E-state index contributed by atoms with van der Waals surface area (Å²) in [5, 5.41) is 8.68. The van der Waals surface area contributed by atoms with Crippen molar-refractivity contribution in [2.24, 2.45) is 5.92 Å². The van der Waals surface area contributed by atoms with Crippen LogP contribution in [-0.2, 0) is 0 Å². The lowest BCUT2D eigenvalue weighted by Gasteiger charge is -2.09. The third kappa shape index (κ3) is 1.82. The molecule has 0 saturated carbocycles. The van der Waals surface area contributed by atoms with Gasteiger partial charge in [0.1, 0.15) is 5.92 Å². The van der Waals surface area contributed by atoms with Crippen LogP contribution in [0.15, 0.2) is 18.2 Å². The molecule has 1 unspecified atom stereocenters. The van der Waals surface area contributed by atoms with E-state index >= 15 is 0 Å². The lowest BCUT2D eigenvalue weighted by Crippen LogP contribution is -2.12. The quantitative estimate of drug-likeness (QED) is 0.668. The molecule has 72 valence electrons. The second-order valence-corrected chi connectivity index (χ2v) is 3.48. The number of rotatable bonds is 2. The number of carbonyl (C=O) groups is 1. The molecule has 0 aliphatic rings. The Balaban J connectivity index is 3.20. The average Bonchev–Trinajstić information content (AvgIpc) is 2.16. The van der Waals surface area contributed by atoms with E-state index in [-0.39, 0.29) is 5.78 Å². The van der Waals surface area contributed by atoms with Crippen molar-refractivity contribution in [3.63, 3.8) is 0 Å². The highest BCUT2D eigenvalue weighted by atomic mass is 16.1. The van der Waals surface area contributed by atoms with Crippen molar-refractivity contribution in [3.8, 4) is 6.07 Å². The zero-order chi connectivity index (χ0) is 10.7. The summed E-state index contributed by atoms with van der Waals surface area (Å²) in [4.78, 5) is 11.8. The zero-order valence-corrected chi connectivity index (χ0v) is 8.66. The van der Waals surface area contributed by atoms with Gasteiger partial charge < -0.3 is 0 Å². The number of nitrogens with zero attached hydrogens (tertiary/aromatic N) is 1. The first-order valence-corrected chi connectivity index (χ1v) is 4.58. The Morgan fingerprint density at radius 3 is 2.29 bits per heavy atom. The van der Waals surface area contributed by atoms with Gasteiger partial charge in [0.25, 0.3) is 0 Å². The van der Waals surface area contributed by atoms with Crippen LogP contribution < -0.4 is 0 Å². The van der Waals surface area contributed by atoms with Crippen LogP contribution >= 0.6 is 0 Å². The number of nitriles is 1. The summed E-state index contributed by atoms with van der Waals surface area (Å²) in [6, 6.07) is 7.67. The van der Waals surface area contributed by atoms with Gasteiger partial charge in [-0.3, -0.25) is 4.79 Å². The van der Waals surface area contributed by atoms with E-state index in [1.54, 1.807) is 6.92 Å². The zero-order valence-electron chi connectivity index (χ0n) is 8.66. The van der Waals surface area contributed by atoms with Gasteiger partial charge in [0.05, 0.1) is 6.07 Å². The Morgan fingerprint density at radius 2 is 1.86 bits per heavy atom. The number of hydrogen-bond donors (Lipinski definition) is 0. The molecule has 2 nitrogen and oxygen atoms in total. The van der Waals surface area contributed by atoms with Crippen molar-refractivity contribution in [1.29, 1.82) is 5.26 Å². The predicted molar refractivity (Wildman–Crippen MR) is 55.0 cm³/mol. The van der Waals surface area contributed by atoms with Gasteiger partial charge in [-0.1, -0.05) is 18.2 Å². The highest BCUT2D eigenvalue weighted by Crippen LogP contribution is 2.17. The molecule has 14 heavy (non-hydrogen) atoms. The van der Waals surface area contributed by atoms with Gasteiger partial charge in [-0.2, -0.15) is 5.26 Å². The van der Waals surface area contributed by atoms with Crippen LogP contribution in [0.25, 0.3) is 0 Å². The highest BCUT2D eigenvalue weighted by Gasteiger charge is 2.17. The molecule has 1 rings (SSSR count). The maximum Gasteiger partial charge on any atom is 0.180 e. The van der Waals surface area contributed by atoms with Gasteiger partial charge in [-0.05, 0) is 31.9 Å². The lowest BCUT2D eigenvalue weighted by molar-refractivity contribution is 0.0955. The van der Waals surface area contributed by atoms with Crippen LogP contribution in [0, 0.1) is 31.1 Å². The molecule has 0 bridgehead atoms. The molecule has 2 heteroatoms. The van der Waals surface area contributed by atoms with Gasteiger partial charge in [-0.25, -0.2) is 0 Å². The number of benzene rings is 1. The number of ketones is 1. The molecule has 1 aromatic rings. The minimum absolute atomic E-state index is 0.0805. The maximum atomic E-state index is 11.8. The van der Waals surface area contributed by atoms with E-state index in [9.17, 15) is 4.79 Å². The summed E-state index contributed by atoms with van der Waals surface area (Å²) >= 11 is 0. The smallest absolute Gasteiger partial charge is 0.180 e. The molecule has 0 N–H and O–H groups in total. The Bertz CT molecular complexity index is 381. The first-order chi connectivity index (χ1) is 6.57. The SMILES string of the molecule is Cc1cccc(C)c1C(=O)C(C)C#N. The van der Waals surface area contributed by atoms with Crippen molar-refractivity contribution in [2.75, 3.05) is 0 Å². The van der Waals surface area contributed by atoms with E-state index in [1.165, 1.54) is 0 Å². The van der Waals surface area contributed by atoms with Gasteiger partial charge in [0, 0.05) is 5.56 Å². The standard InChI is InChI=1S/C12H13NO/c1-8-5-4-6-9(2)11(8)12(14)10(3)7-13/h4-6,10H,1-3H3. The molecular weight excluding hydrogens is 174 g/mol. The minimum atomic E-state index is -0.560. The largest absolute Gasteiger partial charge is 0.293 e. The van der Waals surface area contributed by atoms with Crippen LogP contribution in [0.3, 0.4) is 0 Å². The molecule has 0 aliphatic carbocycles. The number of aryl methyl sites for hydroxylation is 2. The van der Waals surface area contributed by atoms with Crippen LogP contribution in [0.2, 0.25) is 0 Å². The summed E-state index contributed by atoms with van der Waals surface area (Å²) in [6.45, 7) is 5.42. The van der Waals surface area contributed by atoms with Gasteiger partial charge in [-0.15, -0.1) is 0 Å². The molecule has 0 fully saturated rings. The second-order valence-electron chi connectivity index (χ2n) is 3.48. The summed E-state index contributed by atoms with van der Waals surface area (Å²) in [6.07, 6.45) is 0. The van der Waals surface area contributed by atoms with Gasteiger partial charge >= 0.3 is 0 Å². The highest BCUT2D eigenvalue weighted by molar-refractivity contribution is 6.01. The molecule has 0 saturated heterocycles. The molecule has 0 spiro atoms. The number of hydrogen-bond acceptors (Lipinski definition) is 2. The van der Waals surface area contributed by atoms with Gasteiger partial charge in [0.2, 0.25) is 0 Å². The Morgan fingerprint density at radius 1 is 1.36 bits per heavy atom. The van der Waals surface area contributed by atoms with Crippen molar-refractivity contribution in [2.45, 2.75) is 20.8 Å². The van der Waals surface area contributed by atoms with Crippen molar-refractivity contribution < 1.29 is 4.79 Å². The molecule has 0 heterocycles. The van der Waals surface area contributed by atoms with Crippen molar-refractivity contribution in [1.82, 2.24) is 0 Å². The molecule has 0 aromatic heterocycles. The number of carbonyl (C=O) groups excluding carboxylic acids is 1. The van der Waals surface area contributed by atoms with Gasteiger partial charge in [0.15, 0.2) is 5.78 Å². The first kappa shape index (κ1) is 10.5. The fraction of sp³-hybridized carbons (Fsp3) is 0.333. The summed E-state index contributed by atoms with van der Waals surface area (Å²) in [5.74, 6) is -0.641. The molecule has 0 aliphatic heterocycles. The first-order valence-electron chi connectivity index (χ1n) is 4.58.